The van der Waals surface area contributed by atoms with Gasteiger partial charge in [0, 0.05) is 11.7 Å². The summed E-state index contributed by atoms with van der Waals surface area (Å²) in [5.74, 6) is -1.34. The Bertz CT molecular complexity index is 836. The number of carbonyl (C=O) groups is 2. The van der Waals surface area contributed by atoms with Gasteiger partial charge < -0.3 is 10.6 Å². The van der Waals surface area contributed by atoms with E-state index in [0.29, 0.717) is 5.69 Å². The third kappa shape index (κ3) is 5.26. The second-order valence-electron chi connectivity index (χ2n) is 6.65. The number of halogens is 2. The summed E-state index contributed by atoms with van der Waals surface area (Å²) in [6, 6.07) is 8.75. The highest BCUT2D eigenvalue weighted by molar-refractivity contribution is 6.31. The van der Waals surface area contributed by atoms with E-state index in [9.17, 15) is 14.0 Å². The molecule has 1 fully saturated rings. The van der Waals surface area contributed by atoms with E-state index in [1.165, 1.54) is 37.1 Å². The minimum atomic E-state index is -0.565. The molecule has 1 heterocycles. The Balaban J connectivity index is 1.67. The van der Waals surface area contributed by atoms with E-state index in [-0.39, 0.29) is 28.4 Å². The first-order valence-corrected chi connectivity index (χ1v) is 9.45. The lowest BCUT2D eigenvalue weighted by molar-refractivity contribution is 0.0928. The lowest BCUT2D eigenvalue weighted by Crippen LogP contribution is -2.35. The highest BCUT2D eigenvalue weighted by Crippen LogP contribution is 2.20. The van der Waals surface area contributed by atoms with Gasteiger partial charge in [0.25, 0.3) is 11.8 Å². The molecule has 0 atom stereocenters. The number of nitrogens with one attached hydrogen (secondary N) is 2. The summed E-state index contributed by atoms with van der Waals surface area (Å²) in [6.07, 6.45) is 6.57. The topological polar surface area (TPSA) is 71.1 Å². The number of carbonyl (C=O) groups excluding carboxylic acids is 2. The van der Waals surface area contributed by atoms with Crippen LogP contribution in [-0.2, 0) is 0 Å². The van der Waals surface area contributed by atoms with Crippen LogP contribution in [0.25, 0.3) is 0 Å². The van der Waals surface area contributed by atoms with Crippen molar-refractivity contribution in [2.24, 2.45) is 0 Å². The molecule has 3 rings (SSSR count). The molecule has 0 radical (unpaired) electrons. The van der Waals surface area contributed by atoms with Gasteiger partial charge in [-0.25, -0.2) is 9.37 Å². The number of nitrogens with zero attached hydrogens (tertiary/aromatic N) is 1. The molecular weight excluding hydrogens is 369 g/mol. The smallest absolute Gasteiger partial charge is 0.274 e. The summed E-state index contributed by atoms with van der Waals surface area (Å²) in [6.45, 7) is 0. The van der Waals surface area contributed by atoms with Crippen molar-refractivity contribution >= 4 is 29.1 Å². The molecular formula is C20H21ClFN3O2. The monoisotopic (exact) mass is 389 g/mol. The number of pyridine rings is 1. The maximum absolute atomic E-state index is 13.2. The van der Waals surface area contributed by atoms with Gasteiger partial charge >= 0.3 is 0 Å². The van der Waals surface area contributed by atoms with E-state index >= 15 is 0 Å². The average molecular weight is 390 g/mol. The zero-order valence-electron chi connectivity index (χ0n) is 14.8. The van der Waals surface area contributed by atoms with E-state index in [0.717, 1.165) is 25.7 Å². The molecule has 0 unspecified atom stereocenters. The third-order valence-corrected chi connectivity index (χ3v) is 4.87. The molecule has 0 saturated heterocycles. The van der Waals surface area contributed by atoms with Gasteiger partial charge in [-0.05, 0) is 43.2 Å². The molecule has 1 aliphatic carbocycles. The minimum absolute atomic E-state index is 0.0858. The van der Waals surface area contributed by atoms with Gasteiger partial charge in [0.15, 0.2) is 0 Å². The first-order valence-electron chi connectivity index (χ1n) is 9.07. The van der Waals surface area contributed by atoms with Crippen molar-refractivity contribution in [3.05, 3.63) is 58.6 Å². The van der Waals surface area contributed by atoms with Gasteiger partial charge in [0.2, 0.25) is 0 Å². The second kappa shape index (κ2) is 8.95. The summed E-state index contributed by atoms with van der Waals surface area (Å²) >= 11 is 5.72. The summed E-state index contributed by atoms with van der Waals surface area (Å²) < 4.78 is 13.2. The minimum Gasteiger partial charge on any atom is -0.348 e. The fourth-order valence-electron chi connectivity index (χ4n) is 3.14. The predicted octanol–water partition coefficient (Wildman–Crippen LogP) is 4.58. The normalized spacial score (nSPS) is 15.0. The first-order chi connectivity index (χ1) is 13.0. The number of anilines is 1. The Morgan fingerprint density at radius 3 is 2.33 bits per heavy atom. The molecule has 2 N–H and O–H groups in total. The molecule has 2 amide bonds. The molecule has 0 spiro atoms. The lowest BCUT2D eigenvalue weighted by atomic mass is 10.1. The average Bonchev–Trinajstić information content (AvgIpc) is 2.93. The van der Waals surface area contributed by atoms with Crippen molar-refractivity contribution in [1.82, 2.24) is 10.3 Å². The van der Waals surface area contributed by atoms with Crippen LogP contribution < -0.4 is 10.6 Å². The van der Waals surface area contributed by atoms with Gasteiger partial charge in [0.05, 0.1) is 5.02 Å². The molecule has 142 valence electrons. The summed E-state index contributed by atoms with van der Waals surface area (Å²) in [5, 5.41) is 5.52. The van der Waals surface area contributed by atoms with Gasteiger partial charge in [-0.3, -0.25) is 9.59 Å². The van der Waals surface area contributed by atoms with E-state index in [1.807, 2.05) is 0 Å². The zero-order chi connectivity index (χ0) is 19.2. The number of amides is 2. The molecule has 1 aromatic carbocycles. The molecule has 1 aromatic heterocycles. The van der Waals surface area contributed by atoms with E-state index in [1.54, 1.807) is 12.1 Å². The van der Waals surface area contributed by atoms with E-state index in [2.05, 4.69) is 15.6 Å². The van der Waals surface area contributed by atoms with Crippen molar-refractivity contribution in [3.8, 4) is 0 Å². The molecule has 2 aromatic rings. The number of benzene rings is 1. The highest BCUT2D eigenvalue weighted by Gasteiger charge is 2.18. The zero-order valence-corrected chi connectivity index (χ0v) is 15.6. The lowest BCUT2D eigenvalue weighted by Gasteiger charge is -2.16. The van der Waals surface area contributed by atoms with Crippen molar-refractivity contribution in [1.29, 1.82) is 0 Å². The fraction of sp³-hybridized carbons (Fsp3) is 0.350. The van der Waals surface area contributed by atoms with Crippen LogP contribution in [0.15, 0.2) is 36.4 Å². The Labute approximate surface area is 162 Å². The fourth-order valence-corrected chi connectivity index (χ4v) is 3.32. The summed E-state index contributed by atoms with van der Waals surface area (Å²) in [7, 11) is 0. The quantitative estimate of drug-likeness (QED) is 0.752. The van der Waals surface area contributed by atoms with Crippen LogP contribution in [0.1, 0.15) is 59.5 Å². The maximum atomic E-state index is 13.2. The van der Waals surface area contributed by atoms with Crippen molar-refractivity contribution in [3.63, 3.8) is 0 Å². The van der Waals surface area contributed by atoms with Crippen LogP contribution in [0.5, 0.6) is 0 Å². The highest BCUT2D eigenvalue weighted by atomic mass is 35.5. The first kappa shape index (κ1) is 19.3. The van der Waals surface area contributed by atoms with Crippen LogP contribution in [-0.4, -0.2) is 22.8 Å². The van der Waals surface area contributed by atoms with Crippen LogP contribution in [0.3, 0.4) is 0 Å². The standard InChI is InChI=1S/C20H21ClFN3O2/c21-15-12-14(10-11-16(15)22)24-20(27)18-9-5-8-17(25-18)19(26)23-13-6-3-1-2-4-7-13/h5,8-13H,1-4,6-7H2,(H,23,26)(H,24,27). The maximum Gasteiger partial charge on any atom is 0.274 e. The third-order valence-electron chi connectivity index (χ3n) is 4.58. The van der Waals surface area contributed by atoms with Gasteiger partial charge in [0.1, 0.15) is 17.2 Å². The molecule has 0 aliphatic heterocycles. The van der Waals surface area contributed by atoms with Crippen molar-refractivity contribution in [2.45, 2.75) is 44.6 Å². The molecule has 1 saturated carbocycles. The molecule has 27 heavy (non-hydrogen) atoms. The second-order valence-corrected chi connectivity index (χ2v) is 7.06. The van der Waals surface area contributed by atoms with Crippen LogP contribution in [0.2, 0.25) is 5.02 Å². The van der Waals surface area contributed by atoms with Gasteiger partial charge in [-0.2, -0.15) is 0 Å². The SMILES string of the molecule is O=C(Nc1ccc(F)c(Cl)c1)c1cccc(C(=O)NC2CCCCCC2)n1. The molecule has 0 bridgehead atoms. The number of hydrogen-bond donors (Lipinski definition) is 2. The van der Waals surface area contributed by atoms with Crippen LogP contribution in [0, 0.1) is 5.82 Å². The molecule has 1 aliphatic rings. The molecule has 5 nitrogen and oxygen atoms in total. The van der Waals surface area contributed by atoms with Crippen LogP contribution in [0.4, 0.5) is 10.1 Å². The van der Waals surface area contributed by atoms with Gasteiger partial charge in [-0.1, -0.05) is 43.4 Å². The summed E-state index contributed by atoms with van der Waals surface area (Å²) in [4.78, 5) is 29.0. The largest absolute Gasteiger partial charge is 0.348 e. The number of hydrogen-bond acceptors (Lipinski definition) is 3. The van der Waals surface area contributed by atoms with Gasteiger partial charge in [-0.15, -0.1) is 0 Å². The number of rotatable bonds is 4. The van der Waals surface area contributed by atoms with Crippen molar-refractivity contribution < 1.29 is 14.0 Å². The number of aromatic nitrogens is 1. The van der Waals surface area contributed by atoms with Crippen LogP contribution >= 0.6 is 11.6 Å². The molecule has 7 heteroatoms. The Hall–Kier alpha value is -2.47. The van der Waals surface area contributed by atoms with E-state index < -0.39 is 11.7 Å². The summed E-state index contributed by atoms with van der Waals surface area (Å²) in [5.41, 5.74) is 0.648. The Morgan fingerprint density at radius 1 is 1.00 bits per heavy atom. The van der Waals surface area contributed by atoms with Crippen molar-refractivity contribution in [2.75, 3.05) is 5.32 Å². The Morgan fingerprint density at radius 2 is 1.67 bits per heavy atom. The van der Waals surface area contributed by atoms with E-state index in [4.69, 9.17) is 11.6 Å². The Kier molecular flexibility index (Phi) is 6.40. The predicted molar refractivity (Wildman–Crippen MR) is 103 cm³/mol.